The van der Waals surface area contributed by atoms with Crippen molar-refractivity contribution in [3.05, 3.63) is 16.9 Å². The molecule has 0 aliphatic rings. The second-order valence-corrected chi connectivity index (χ2v) is 13.6. The van der Waals surface area contributed by atoms with E-state index >= 15 is 0 Å². The van der Waals surface area contributed by atoms with Crippen molar-refractivity contribution < 1.29 is 14.0 Å². The molecule has 25 heavy (non-hydrogen) atoms. The lowest BCUT2D eigenvalue weighted by Crippen LogP contribution is -2.47. The highest BCUT2D eigenvalue weighted by atomic mass is 35.5. The largest absolute Gasteiger partial charge is 0.465 e. The van der Waals surface area contributed by atoms with Gasteiger partial charge in [0.2, 0.25) is 0 Å². The van der Waals surface area contributed by atoms with Crippen molar-refractivity contribution >= 4 is 37.6 Å². The van der Waals surface area contributed by atoms with E-state index in [1.807, 2.05) is 6.26 Å². The third-order valence-electron chi connectivity index (χ3n) is 4.75. The van der Waals surface area contributed by atoms with E-state index in [0.717, 1.165) is 0 Å². The van der Waals surface area contributed by atoms with Gasteiger partial charge >= 0.3 is 5.97 Å². The number of aromatic nitrogens is 2. The third-order valence-corrected chi connectivity index (χ3v) is 10.1. The van der Waals surface area contributed by atoms with Crippen LogP contribution < -0.4 is 0 Å². The van der Waals surface area contributed by atoms with Gasteiger partial charge in [-0.1, -0.05) is 44.1 Å². The first-order valence-electron chi connectivity index (χ1n) is 8.27. The highest BCUT2D eigenvalue weighted by Crippen LogP contribution is 2.39. The van der Waals surface area contributed by atoms with Gasteiger partial charge in [0.15, 0.2) is 13.5 Å². The first-order valence-corrected chi connectivity index (χ1v) is 12.8. The molecule has 1 rings (SSSR count). The van der Waals surface area contributed by atoms with Crippen LogP contribution in [0.3, 0.4) is 0 Å². The van der Waals surface area contributed by atoms with Crippen LogP contribution in [-0.2, 0) is 19.4 Å². The number of carbonyl (C=O) groups is 1. The van der Waals surface area contributed by atoms with Crippen LogP contribution in [0.2, 0.25) is 23.3 Å². The van der Waals surface area contributed by atoms with E-state index in [1.54, 1.807) is 20.0 Å². The van der Waals surface area contributed by atoms with Gasteiger partial charge in [-0.15, -0.1) is 0 Å². The van der Waals surface area contributed by atoms with E-state index in [1.165, 1.54) is 11.8 Å². The Morgan fingerprint density at radius 3 is 2.36 bits per heavy atom. The minimum atomic E-state index is -2.05. The molecule has 0 radical (unpaired) electrons. The normalized spacial score (nSPS) is 14.9. The maximum atomic E-state index is 12.7. The van der Waals surface area contributed by atoms with E-state index in [0.29, 0.717) is 10.7 Å². The van der Waals surface area contributed by atoms with Crippen LogP contribution in [0, 0.1) is 0 Å². The van der Waals surface area contributed by atoms with Crippen molar-refractivity contribution in [1.29, 1.82) is 0 Å². The maximum Gasteiger partial charge on any atom is 0.318 e. The van der Waals surface area contributed by atoms with E-state index in [-0.39, 0.29) is 29.4 Å². The Morgan fingerprint density at radius 1 is 1.32 bits per heavy atom. The maximum absolute atomic E-state index is 12.7. The van der Waals surface area contributed by atoms with Crippen molar-refractivity contribution in [3.8, 4) is 0 Å². The zero-order valence-corrected chi connectivity index (χ0v) is 19.0. The van der Waals surface area contributed by atoms with Crippen molar-refractivity contribution in [2.24, 2.45) is 0 Å². The van der Waals surface area contributed by atoms with Gasteiger partial charge in [0.1, 0.15) is 10.6 Å². The number of esters is 1. The molecule has 0 saturated heterocycles. The quantitative estimate of drug-likeness (QED) is 0.216. The zero-order valence-electron chi connectivity index (χ0n) is 16.4. The number of hydrogen-bond donors (Lipinski definition) is 0. The summed E-state index contributed by atoms with van der Waals surface area (Å²) < 4.78 is 11.6. The van der Waals surface area contributed by atoms with Crippen LogP contribution in [0.5, 0.6) is 0 Å². The monoisotopic (exact) mass is 404 g/mol. The SMILES string of the molecule is CCOC(=O)[C@](C)(CO[Si](C)(C)C(C)(C)C)c1cnc(SC)nc1Cl. The zero-order chi connectivity index (χ0) is 19.5. The predicted molar refractivity (Wildman–Crippen MR) is 106 cm³/mol. The molecule has 142 valence electrons. The number of carbonyl (C=O) groups excluding carboxylic acids is 1. The molecule has 1 atom stereocenters. The van der Waals surface area contributed by atoms with E-state index in [9.17, 15) is 4.79 Å². The number of ether oxygens (including phenoxy) is 1. The number of thioether (sulfide) groups is 1. The molecule has 0 N–H and O–H groups in total. The summed E-state index contributed by atoms with van der Waals surface area (Å²) in [5, 5.41) is 0.852. The molecule has 0 bridgehead atoms. The summed E-state index contributed by atoms with van der Waals surface area (Å²) in [5.74, 6) is -0.379. The van der Waals surface area contributed by atoms with Gasteiger partial charge in [-0.05, 0) is 38.2 Å². The number of nitrogens with zero attached hydrogens (tertiary/aromatic N) is 2. The van der Waals surface area contributed by atoms with E-state index in [4.69, 9.17) is 20.8 Å². The second-order valence-electron chi connectivity index (χ2n) is 7.66. The van der Waals surface area contributed by atoms with Crippen LogP contribution in [0.25, 0.3) is 0 Å². The van der Waals surface area contributed by atoms with Crippen LogP contribution in [0.4, 0.5) is 0 Å². The Labute approximate surface area is 161 Å². The summed E-state index contributed by atoms with van der Waals surface area (Å²) in [6.45, 7) is 14.8. The first kappa shape index (κ1) is 22.4. The molecular weight excluding hydrogens is 376 g/mol. The molecule has 0 fully saturated rings. The van der Waals surface area contributed by atoms with Gasteiger partial charge in [-0.2, -0.15) is 0 Å². The molecule has 5 nitrogen and oxygen atoms in total. The Bertz CT molecular complexity index is 622. The average Bonchev–Trinajstić information content (AvgIpc) is 2.51. The summed E-state index contributed by atoms with van der Waals surface area (Å²) in [6.07, 6.45) is 3.48. The third kappa shape index (κ3) is 5.18. The number of hydrogen-bond acceptors (Lipinski definition) is 6. The van der Waals surface area contributed by atoms with Crippen LogP contribution in [0.15, 0.2) is 11.4 Å². The molecule has 0 aromatic carbocycles. The fourth-order valence-corrected chi connectivity index (χ4v) is 3.70. The smallest absolute Gasteiger partial charge is 0.318 e. The second kappa shape index (κ2) is 8.37. The van der Waals surface area contributed by atoms with Crippen molar-refractivity contribution in [2.75, 3.05) is 19.5 Å². The molecule has 1 aromatic rings. The molecule has 0 amide bonds. The summed E-state index contributed by atoms with van der Waals surface area (Å²) in [7, 11) is -2.05. The molecule has 0 unspecified atom stereocenters. The van der Waals surface area contributed by atoms with Crippen molar-refractivity contribution in [3.63, 3.8) is 0 Å². The van der Waals surface area contributed by atoms with Gasteiger partial charge in [0.25, 0.3) is 0 Å². The lowest BCUT2D eigenvalue weighted by atomic mass is 9.85. The Hall–Kier alpha value is -0.633. The summed E-state index contributed by atoms with van der Waals surface area (Å²) in [6, 6.07) is 0. The highest BCUT2D eigenvalue weighted by molar-refractivity contribution is 7.98. The van der Waals surface area contributed by atoms with Crippen LogP contribution >= 0.6 is 23.4 Å². The molecule has 1 aromatic heterocycles. The van der Waals surface area contributed by atoms with Gasteiger partial charge in [0.05, 0.1) is 13.2 Å². The molecule has 0 spiro atoms. The standard InChI is InChI=1S/C17H29ClN2O3SSi/c1-9-22-14(21)17(5,11-23-25(7,8)16(2,3)4)12-10-19-15(24-6)20-13(12)18/h10H,9,11H2,1-8H3/t17-/m1/s1. The lowest BCUT2D eigenvalue weighted by molar-refractivity contribution is -0.150. The predicted octanol–water partition coefficient (Wildman–Crippen LogP) is 4.69. The molecule has 0 saturated carbocycles. The Balaban J connectivity index is 3.26. The Morgan fingerprint density at radius 2 is 1.92 bits per heavy atom. The first-order chi connectivity index (χ1) is 11.4. The molecule has 0 aliphatic carbocycles. The van der Waals surface area contributed by atoms with Crippen LogP contribution in [0.1, 0.15) is 40.2 Å². The summed E-state index contributed by atoms with van der Waals surface area (Å²) >= 11 is 7.75. The summed E-state index contributed by atoms with van der Waals surface area (Å²) in [5.41, 5.74) is -0.524. The van der Waals surface area contributed by atoms with Gasteiger partial charge in [-0.3, -0.25) is 4.79 Å². The number of rotatable bonds is 7. The average molecular weight is 405 g/mol. The van der Waals surface area contributed by atoms with Gasteiger partial charge in [0, 0.05) is 11.8 Å². The Kier molecular flexibility index (Phi) is 7.50. The van der Waals surface area contributed by atoms with E-state index < -0.39 is 13.7 Å². The van der Waals surface area contributed by atoms with E-state index in [2.05, 4.69) is 43.8 Å². The van der Waals surface area contributed by atoms with Gasteiger partial charge < -0.3 is 9.16 Å². The van der Waals surface area contributed by atoms with Crippen molar-refractivity contribution in [1.82, 2.24) is 9.97 Å². The molecule has 8 heteroatoms. The fraction of sp³-hybridized carbons (Fsp3) is 0.706. The van der Waals surface area contributed by atoms with Gasteiger partial charge in [-0.25, -0.2) is 9.97 Å². The molecule has 0 aliphatic heterocycles. The number of halogens is 1. The molecule has 1 heterocycles. The summed E-state index contributed by atoms with van der Waals surface area (Å²) in [4.78, 5) is 21.3. The minimum Gasteiger partial charge on any atom is -0.465 e. The van der Waals surface area contributed by atoms with Crippen LogP contribution in [-0.4, -0.2) is 43.7 Å². The lowest BCUT2D eigenvalue weighted by Gasteiger charge is -2.39. The van der Waals surface area contributed by atoms with Crippen molar-refractivity contribution in [2.45, 2.75) is 63.3 Å². The molecular formula is C17H29ClN2O3SSi. The minimum absolute atomic E-state index is 0.0333. The topological polar surface area (TPSA) is 61.3 Å². The highest BCUT2D eigenvalue weighted by Gasteiger charge is 2.44. The fourth-order valence-electron chi connectivity index (χ4n) is 1.89.